The van der Waals surface area contributed by atoms with Gasteiger partial charge in [0.25, 0.3) is 0 Å². The van der Waals surface area contributed by atoms with E-state index in [9.17, 15) is 5.11 Å². The quantitative estimate of drug-likeness (QED) is 0.891. The van der Waals surface area contributed by atoms with E-state index in [1.54, 1.807) is 0 Å². The van der Waals surface area contributed by atoms with E-state index in [1.807, 2.05) is 43.3 Å². The summed E-state index contributed by atoms with van der Waals surface area (Å²) >= 11 is 3.50. The van der Waals surface area contributed by atoms with Gasteiger partial charge in [-0.15, -0.1) is 0 Å². The highest BCUT2D eigenvalue weighted by molar-refractivity contribution is 9.10. The Morgan fingerprint density at radius 3 is 2.67 bits per heavy atom. The van der Waals surface area contributed by atoms with E-state index in [0.717, 1.165) is 33.3 Å². The van der Waals surface area contributed by atoms with Crippen molar-refractivity contribution in [2.45, 2.75) is 19.4 Å². The molecular weight excluding hydrogens is 332 g/mol. The topological polar surface area (TPSA) is 38.7 Å². The Kier molecular flexibility index (Phi) is 4.17. The van der Waals surface area contributed by atoms with Crippen molar-refractivity contribution in [2.24, 2.45) is 0 Å². The molecule has 0 aliphatic carbocycles. The number of hydrogen-bond donors (Lipinski definition) is 1. The molecule has 3 rings (SSSR count). The molecule has 3 nitrogen and oxygen atoms in total. The molecule has 0 fully saturated rings. The summed E-state index contributed by atoms with van der Waals surface area (Å²) in [5.41, 5.74) is 2.73. The third-order valence-corrected chi connectivity index (χ3v) is 4.55. The van der Waals surface area contributed by atoms with Crippen molar-refractivity contribution in [1.29, 1.82) is 0 Å². The maximum atomic E-state index is 10.7. The van der Waals surface area contributed by atoms with E-state index < -0.39 is 6.10 Å². The van der Waals surface area contributed by atoms with Crippen LogP contribution in [0.3, 0.4) is 0 Å². The summed E-state index contributed by atoms with van der Waals surface area (Å²) in [7, 11) is 0. The fraction of sp³-hybridized carbons (Fsp3) is 0.294. The molecule has 2 aromatic rings. The first-order valence-electron chi connectivity index (χ1n) is 6.99. The fourth-order valence-corrected chi connectivity index (χ4v) is 2.83. The van der Waals surface area contributed by atoms with Crippen LogP contribution >= 0.6 is 15.9 Å². The van der Waals surface area contributed by atoms with E-state index in [-0.39, 0.29) is 0 Å². The van der Waals surface area contributed by atoms with Crippen molar-refractivity contribution >= 4 is 15.9 Å². The van der Waals surface area contributed by atoms with Crippen LogP contribution in [0.2, 0.25) is 0 Å². The molecule has 1 N–H and O–H groups in total. The SMILES string of the molecule is Cc1c(Br)cccc1C(O)c1ccc2c(c1)OCCCO2. The predicted octanol–water partition coefficient (Wildman–Crippen LogP) is 4.00. The van der Waals surface area contributed by atoms with Gasteiger partial charge in [0.1, 0.15) is 6.10 Å². The van der Waals surface area contributed by atoms with Crippen LogP contribution in [0.1, 0.15) is 29.2 Å². The maximum absolute atomic E-state index is 10.7. The van der Waals surface area contributed by atoms with Gasteiger partial charge in [-0.1, -0.05) is 34.1 Å². The summed E-state index contributed by atoms with van der Waals surface area (Å²) in [6, 6.07) is 11.5. The highest BCUT2D eigenvalue weighted by Crippen LogP contribution is 2.35. The second kappa shape index (κ2) is 6.08. The third kappa shape index (κ3) is 2.92. The highest BCUT2D eigenvalue weighted by Gasteiger charge is 2.18. The average Bonchev–Trinajstić information content (AvgIpc) is 2.74. The van der Waals surface area contributed by atoms with Gasteiger partial charge >= 0.3 is 0 Å². The molecule has 0 aromatic heterocycles. The molecule has 1 aliphatic rings. The van der Waals surface area contributed by atoms with Gasteiger partial charge in [0.15, 0.2) is 11.5 Å². The first-order valence-corrected chi connectivity index (χ1v) is 7.79. The van der Waals surface area contributed by atoms with Gasteiger partial charge in [0, 0.05) is 10.9 Å². The number of aliphatic hydroxyl groups is 1. The smallest absolute Gasteiger partial charge is 0.161 e. The molecule has 0 saturated heterocycles. The second-order valence-electron chi connectivity index (χ2n) is 5.11. The summed E-state index contributed by atoms with van der Waals surface area (Å²) < 4.78 is 12.3. The standard InChI is InChI=1S/C17H17BrO3/c1-11-13(4-2-5-14(11)18)17(19)12-6-7-15-16(10-12)21-9-3-8-20-15/h2,4-7,10,17,19H,3,8-9H2,1H3. The zero-order valence-electron chi connectivity index (χ0n) is 11.8. The Balaban J connectivity index is 1.96. The van der Waals surface area contributed by atoms with E-state index in [0.29, 0.717) is 19.0 Å². The number of ether oxygens (including phenoxy) is 2. The van der Waals surface area contributed by atoms with Gasteiger partial charge in [-0.25, -0.2) is 0 Å². The first-order chi connectivity index (χ1) is 10.2. The van der Waals surface area contributed by atoms with Crippen LogP contribution in [0.15, 0.2) is 40.9 Å². The Morgan fingerprint density at radius 2 is 1.86 bits per heavy atom. The maximum Gasteiger partial charge on any atom is 0.161 e. The minimum absolute atomic E-state index is 0.641. The number of hydrogen-bond acceptors (Lipinski definition) is 3. The fourth-order valence-electron chi connectivity index (χ4n) is 2.45. The lowest BCUT2D eigenvalue weighted by molar-refractivity contribution is 0.218. The van der Waals surface area contributed by atoms with Gasteiger partial charge in [-0.05, 0) is 41.8 Å². The highest BCUT2D eigenvalue weighted by atomic mass is 79.9. The average molecular weight is 349 g/mol. The van der Waals surface area contributed by atoms with Crippen LogP contribution in [0.25, 0.3) is 0 Å². The zero-order valence-corrected chi connectivity index (χ0v) is 13.4. The lowest BCUT2D eigenvalue weighted by Crippen LogP contribution is -2.03. The summed E-state index contributed by atoms with van der Waals surface area (Å²) in [6.07, 6.45) is 0.191. The summed E-state index contributed by atoms with van der Waals surface area (Å²) in [6.45, 7) is 3.30. The first kappa shape index (κ1) is 14.4. The number of halogens is 1. The second-order valence-corrected chi connectivity index (χ2v) is 5.97. The summed E-state index contributed by atoms with van der Waals surface area (Å²) in [5, 5.41) is 10.7. The van der Waals surface area contributed by atoms with E-state index in [2.05, 4.69) is 15.9 Å². The summed E-state index contributed by atoms with van der Waals surface area (Å²) in [4.78, 5) is 0. The van der Waals surface area contributed by atoms with Gasteiger partial charge in [0.05, 0.1) is 13.2 Å². The molecule has 0 radical (unpaired) electrons. The van der Waals surface area contributed by atoms with Crippen LogP contribution < -0.4 is 9.47 Å². The molecule has 0 spiro atoms. The molecule has 0 bridgehead atoms. The largest absolute Gasteiger partial charge is 0.490 e. The minimum Gasteiger partial charge on any atom is -0.490 e. The summed E-state index contributed by atoms with van der Waals surface area (Å²) in [5.74, 6) is 1.45. The molecule has 110 valence electrons. The van der Waals surface area contributed by atoms with Crippen molar-refractivity contribution < 1.29 is 14.6 Å². The number of rotatable bonds is 2. The van der Waals surface area contributed by atoms with Crippen LogP contribution in [0.4, 0.5) is 0 Å². The number of aliphatic hydroxyl groups excluding tert-OH is 1. The molecule has 1 aliphatic heterocycles. The van der Waals surface area contributed by atoms with Crippen LogP contribution in [0.5, 0.6) is 11.5 Å². The van der Waals surface area contributed by atoms with Gasteiger partial charge in [-0.2, -0.15) is 0 Å². The number of fused-ring (bicyclic) bond motifs is 1. The van der Waals surface area contributed by atoms with Crippen LogP contribution in [0, 0.1) is 6.92 Å². The van der Waals surface area contributed by atoms with Crippen molar-refractivity contribution in [3.05, 3.63) is 57.6 Å². The van der Waals surface area contributed by atoms with Crippen molar-refractivity contribution in [1.82, 2.24) is 0 Å². The zero-order chi connectivity index (χ0) is 14.8. The van der Waals surface area contributed by atoms with Gasteiger partial charge in [0.2, 0.25) is 0 Å². The Morgan fingerprint density at radius 1 is 1.10 bits per heavy atom. The van der Waals surface area contributed by atoms with Crippen molar-refractivity contribution in [3.8, 4) is 11.5 Å². The monoisotopic (exact) mass is 348 g/mol. The lowest BCUT2D eigenvalue weighted by Gasteiger charge is -2.17. The van der Waals surface area contributed by atoms with E-state index in [4.69, 9.17) is 9.47 Å². The predicted molar refractivity (Wildman–Crippen MR) is 85.0 cm³/mol. The third-order valence-electron chi connectivity index (χ3n) is 3.69. The molecule has 1 atom stereocenters. The van der Waals surface area contributed by atoms with Crippen LogP contribution in [-0.4, -0.2) is 18.3 Å². The molecule has 2 aromatic carbocycles. The molecule has 1 heterocycles. The van der Waals surface area contributed by atoms with Crippen LogP contribution in [-0.2, 0) is 0 Å². The molecule has 4 heteroatoms. The van der Waals surface area contributed by atoms with Gasteiger partial charge in [-0.3, -0.25) is 0 Å². The Labute approximate surface area is 132 Å². The van der Waals surface area contributed by atoms with Crippen molar-refractivity contribution in [3.63, 3.8) is 0 Å². The minimum atomic E-state index is -0.681. The molecular formula is C17H17BrO3. The Bertz CT molecular complexity index is 654. The van der Waals surface area contributed by atoms with Crippen molar-refractivity contribution in [2.75, 3.05) is 13.2 Å². The lowest BCUT2D eigenvalue weighted by atomic mass is 9.97. The molecule has 0 amide bonds. The molecule has 21 heavy (non-hydrogen) atoms. The normalized spacial score (nSPS) is 15.4. The van der Waals surface area contributed by atoms with Gasteiger partial charge < -0.3 is 14.6 Å². The molecule has 1 unspecified atom stereocenters. The molecule has 0 saturated carbocycles. The Hall–Kier alpha value is -1.52. The number of benzene rings is 2. The van der Waals surface area contributed by atoms with E-state index >= 15 is 0 Å². The van der Waals surface area contributed by atoms with E-state index in [1.165, 1.54) is 0 Å².